The summed E-state index contributed by atoms with van der Waals surface area (Å²) in [7, 11) is 0. The summed E-state index contributed by atoms with van der Waals surface area (Å²) >= 11 is 6.16. The van der Waals surface area contributed by atoms with Crippen molar-refractivity contribution >= 4 is 11.6 Å². The maximum atomic E-state index is 10.9. The third-order valence-corrected chi connectivity index (χ3v) is 4.19. The van der Waals surface area contributed by atoms with Gasteiger partial charge in [-0.15, -0.1) is 0 Å². The average Bonchev–Trinajstić information content (AvgIpc) is 2.57. The van der Waals surface area contributed by atoms with Gasteiger partial charge in [-0.05, 0) is 17.7 Å². The molecular weight excluding hydrogens is 302 g/mol. The van der Waals surface area contributed by atoms with Gasteiger partial charge in [0.15, 0.2) is 0 Å². The molecule has 1 aliphatic rings. The Kier molecular flexibility index (Phi) is 5.00. The second-order valence-corrected chi connectivity index (χ2v) is 5.57. The highest BCUT2D eigenvalue weighted by molar-refractivity contribution is 6.30. The summed E-state index contributed by atoms with van der Waals surface area (Å²) in [6.45, 7) is 2.83. The zero-order valence-electron chi connectivity index (χ0n) is 12.1. The number of nitrogens with zero attached hydrogens (tertiary/aromatic N) is 3. The number of morpholine rings is 1. The first-order valence-electron chi connectivity index (χ1n) is 7.27. The van der Waals surface area contributed by atoms with Gasteiger partial charge < -0.3 is 9.84 Å². The van der Waals surface area contributed by atoms with Gasteiger partial charge in [0, 0.05) is 37.2 Å². The van der Waals surface area contributed by atoms with Crippen LogP contribution in [-0.2, 0) is 4.74 Å². The fourth-order valence-corrected chi connectivity index (χ4v) is 3.02. The predicted molar refractivity (Wildman–Crippen MR) is 83.6 cm³/mol. The average molecular weight is 320 g/mol. The molecule has 0 spiro atoms. The minimum atomic E-state index is -0.775. The lowest BCUT2D eigenvalue weighted by molar-refractivity contribution is -0.0240. The van der Waals surface area contributed by atoms with Crippen molar-refractivity contribution in [1.82, 2.24) is 14.9 Å². The summed E-state index contributed by atoms with van der Waals surface area (Å²) in [6.07, 6.45) is 4.35. The molecule has 5 nitrogen and oxygen atoms in total. The zero-order valence-corrected chi connectivity index (χ0v) is 12.9. The highest BCUT2D eigenvalue weighted by atomic mass is 35.5. The molecule has 1 saturated heterocycles. The Hall–Kier alpha value is -1.53. The standard InChI is InChI=1S/C16H18ClN3O2/c17-16-13(4-2-6-19-16)15(21)14(12-3-1-5-18-11-12)20-7-9-22-10-8-20/h1-6,11,14-15,21H,7-10H2. The second kappa shape index (κ2) is 7.15. The molecule has 0 radical (unpaired) electrons. The van der Waals surface area contributed by atoms with E-state index in [1.165, 1.54) is 0 Å². The van der Waals surface area contributed by atoms with E-state index in [4.69, 9.17) is 16.3 Å². The molecule has 2 aromatic rings. The van der Waals surface area contributed by atoms with Gasteiger partial charge in [0.1, 0.15) is 11.3 Å². The van der Waals surface area contributed by atoms with Crippen molar-refractivity contribution in [2.45, 2.75) is 12.1 Å². The highest BCUT2D eigenvalue weighted by Crippen LogP contribution is 2.36. The molecule has 0 bridgehead atoms. The quantitative estimate of drug-likeness (QED) is 0.876. The highest BCUT2D eigenvalue weighted by Gasteiger charge is 2.31. The molecular formula is C16H18ClN3O2. The number of hydrogen-bond donors (Lipinski definition) is 1. The molecule has 0 saturated carbocycles. The molecule has 22 heavy (non-hydrogen) atoms. The van der Waals surface area contributed by atoms with Crippen molar-refractivity contribution < 1.29 is 9.84 Å². The molecule has 0 aromatic carbocycles. The van der Waals surface area contributed by atoms with Gasteiger partial charge in [-0.25, -0.2) is 4.98 Å². The third-order valence-electron chi connectivity index (χ3n) is 3.87. The van der Waals surface area contributed by atoms with Gasteiger partial charge in [-0.2, -0.15) is 0 Å². The molecule has 3 rings (SSSR count). The van der Waals surface area contributed by atoms with E-state index >= 15 is 0 Å². The van der Waals surface area contributed by atoms with Crippen LogP contribution in [0.5, 0.6) is 0 Å². The topological polar surface area (TPSA) is 58.5 Å². The number of aromatic nitrogens is 2. The van der Waals surface area contributed by atoms with Crippen LogP contribution in [0.15, 0.2) is 42.9 Å². The summed E-state index contributed by atoms with van der Waals surface area (Å²) < 4.78 is 5.42. The number of pyridine rings is 2. The molecule has 1 N–H and O–H groups in total. The van der Waals surface area contributed by atoms with Crippen LogP contribution in [0, 0.1) is 0 Å². The zero-order chi connectivity index (χ0) is 15.4. The maximum absolute atomic E-state index is 10.9. The first-order chi connectivity index (χ1) is 10.8. The van der Waals surface area contributed by atoms with E-state index in [1.807, 2.05) is 18.2 Å². The van der Waals surface area contributed by atoms with Crippen LogP contribution in [0.1, 0.15) is 23.3 Å². The van der Waals surface area contributed by atoms with Gasteiger partial charge in [-0.1, -0.05) is 23.7 Å². The van der Waals surface area contributed by atoms with Crippen molar-refractivity contribution in [3.05, 3.63) is 59.1 Å². The largest absolute Gasteiger partial charge is 0.386 e. The van der Waals surface area contributed by atoms with Crippen LogP contribution in [0.3, 0.4) is 0 Å². The summed E-state index contributed by atoms with van der Waals surface area (Å²) in [6, 6.07) is 7.22. The molecule has 1 aliphatic heterocycles. The van der Waals surface area contributed by atoms with E-state index in [2.05, 4.69) is 14.9 Å². The van der Waals surface area contributed by atoms with Crippen molar-refractivity contribution in [3.8, 4) is 0 Å². The Morgan fingerprint density at radius 3 is 2.64 bits per heavy atom. The summed E-state index contributed by atoms with van der Waals surface area (Å²) in [5.41, 5.74) is 1.58. The Morgan fingerprint density at radius 1 is 1.18 bits per heavy atom. The number of halogens is 1. The van der Waals surface area contributed by atoms with Crippen molar-refractivity contribution in [2.24, 2.45) is 0 Å². The molecule has 0 amide bonds. The monoisotopic (exact) mass is 319 g/mol. The van der Waals surface area contributed by atoms with Crippen LogP contribution in [-0.4, -0.2) is 46.3 Å². The third kappa shape index (κ3) is 3.28. The van der Waals surface area contributed by atoms with Gasteiger partial charge in [-0.3, -0.25) is 9.88 Å². The molecule has 1 fully saturated rings. The van der Waals surface area contributed by atoms with Gasteiger partial charge in [0.05, 0.1) is 19.3 Å². The number of hydrogen-bond acceptors (Lipinski definition) is 5. The Bertz CT molecular complexity index is 605. The van der Waals surface area contributed by atoms with Crippen LogP contribution in [0.2, 0.25) is 5.15 Å². The van der Waals surface area contributed by atoms with E-state index < -0.39 is 6.10 Å². The lowest BCUT2D eigenvalue weighted by Crippen LogP contribution is -2.41. The smallest absolute Gasteiger partial charge is 0.134 e. The van der Waals surface area contributed by atoms with E-state index in [1.54, 1.807) is 24.7 Å². The van der Waals surface area contributed by atoms with Crippen molar-refractivity contribution in [1.29, 1.82) is 0 Å². The molecule has 116 valence electrons. The summed E-state index contributed by atoms with van der Waals surface area (Å²) in [5.74, 6) is 0. The number of rotatable bonds is 4. The number of aliphatic hydroxyl groups is 1. The molecule has 3 heterocycles. The van der Waals surface area contributed by atoms with E-state index in [9.17, 15) is 5.11 Å². The van der Waals surface area contributed by atoms with E-state index in [-0.39, 0.29) is 6.04 Å². The van der Waals surface area contributed by atoms with E-state index in [0.29, 0.717) is 23.9 Å². The maximum Gasteiger partial charge on any atom is 0.134 e. The first kappa shape index (κ1) is 15.4. The van der Waals surface area contributed by atoms with Gasteiger partial charge in [0.25, 0.3) is 0 Å². The molecule has 2 atom stereocenters. The lowest BCUT2D eigenvalue weighted by Gasteiger charge is -2.37. The minimum absolute atomic E-state index is 0.223. The molecule has 2 unspecified atom stereocenters. The van der Waals surface area contributed by atoms with E-state index in [0.717, 1.165) is 18.7 Å². The van der Waals surface area contributed by atoms with Gasteiger partial charge >= 0.3 is 0 Å². The number of aliphatic hydroxyl groups excluding tert-OH is 1. The van der Waals surface area contributed by atoms with Crippen LogP contribution in [0.4, 0.5) is 0 Å². The molecule has 0 aliphatic carbocycles. The molecule has 2 aromatic heterocycles. The van der Waals surface area contributed by atoms with Gasteiger partial charge in [0.2, 0.25) is 0 Å². The first-order valence-corrected chi connectivity index (χ1v) is 7.65. The summed E-state index contributed by atoms with van der Waals surface area (Å²) in [5, 5.41) is 11.3. The predicted octanol–water partition coefficient (Wildman–Crippen LogP) is 2.24. The van der Waals surface area contributed by atoms with Crippen LogP contribution >= 0.6 is 11.6 Å². The second-order valence-electron chi connectivity index (χ2n) is 5.21. The normalized spacial score (nSPS) is 18.8. The fourth-order valence-electron chi connectivity index (χ4n) is 2.79. The number of ether oxygens (including phenoxy) is 1. The van der Waals surface area contributed by atoms with Crippen molar-refractivity contribution in [3.63, 3.8) is 0 Å². The Balaban J connectivity index is 1.96. The van der Waals surface area contributed by atoms with Crippen LogP contribution < -0.4 is 0 Å². The Labute approximate surface area is 134 Å². The van der Waals surface area contributed by atoms with Crippen molar-refractivity contribution in [2.75, 3.05) is 26.3 Å². The SMILES string of the molecule is OC(c1cccnc1Cl)C(c1cccnc1)N1CCOCC1. The minimum Gasteiger partial charge on any atom is -0.386 e. The summed E-state index contributed by atoms with van der Waals surface area (Å²) in [4.78, 5) is 10.5. The lowest BCUT2D eigenvalue weighted by atomic mass is 9.96. The Morgan fingerprint density at radius 2 is 1.95 bits per heavy atom. The van der Waals surface area contributed by atoms with Crippen LogP contribution in [0.25, 0.3) is 0 Å². The molecule has 6 heteroatoms. The fraction of sp³-hybridized carbons (Fsp3) is 0.375.